The van der Waals surface area contributed by atoms with Crippen LogP contribution in [0.4, 0.5) is 0 Å². The zero-order valence-electron chi connectivity index (χ0n) is 10.7. The minimum atomic E-state index is -1.19. The lowest BCUT2D eigenvalue weighted by molar-refractivity contribution is 0.0686. The van der Waals surface area contributed by atoms with Gasteiger partial charge in [-0.25, -0.2) is 4.79 Å². The molecule has 102 valence electrons. The molecule has 1 aromatic carbocycles. The molecule has 0 atom stereocenters. The van der Waals surface area contributed by atoms with Gasteiger partial charge in [0.25, 0.3) is 0 Å². The lowest BCUT2D eigenvalue weighted by Crippen LogP contribution is -1.95. The standard InChI is InChI=1S/C13H10N2O5/c1-18-11-4-7(3-8(6-14)12(11)19-2)10-5-9(13(16)17)15-20-10/h3-5H,1-2H3,(H,16,17). The first-order valence-electron chi connectivity index (χ1n) is 5.47. The van der Waals surface area contributed by atoms with Gasteiger partial charge in [-0.05, 0) is 12.1 Å². The Morgan fingerprint density at radius 3 is 2.60 bits per heavy atom. The summed E-state index contributed by atoms with van der Waals surface area (Å²) < 4.78 is 15.2. The zero-order chi connectivity index (χ0) is 14.7. The van der Waals surface area contributed by atoms with E-state index in [0.717, 1.165) is 0 Å². The summed E-state index contributed by atoms with van der Waals surface area (Å²) >= 11 is 0. The quantitative estimate of drug-likeness (QED) is 0.907. The minimum absolute atomic E-state index is 0.215. The van der Waals surface area contributed by atoms with Crippen molar-refractivity contribution in [1.82, 2.24) is 5.16 Å². The number of carboxylic acids is 1. The maximum Gasteiger partial charge on any atom is 0.358 e. The van der Waals surface area contributed by atoms with Gasteiger partial charge < -0.3 is 19.1 Å². The van der Waals surface area contributed by atoms with E-state index < -0.39 is 5.97 Å². The summed E-state index contributed by atoms with van der Waals surface area (Å²) in [5.41, 5.74) is 0.502. The predicted octanol–water partition coefficient (Wildman–Crippen LogP) is 1.93. The van der Waals surface area contributed by atoms with Crippen LogP contribution in [0.3, 0.4) is 0 Å². The molecule has 0 bridgehead atoms. The van der Waals surface area contributed by atoms with E-state index in [9.17, 15) is 4.79 Å². The fourth-order valence-corrected chi connectivity index (χ4v) is 1.70. The number of rotatable bonds is 4. The van der Waals surface area contributed by atoms with Crippen molar-refractivity contribution in [3.8, 4) is 28.9 Å². The van der Waals surface area contributed by atoms with Gasteiger partial charge in [-0.15, -0.1) is 0 Å². The van der Waals surface area contributed by atoms with Crippen LogP contribution in [0.5, 0.6) is 11.5 Å². The van der Waals surface area contributed by atoms with Gasteiger partial charge >= 0.3 is 5.97 Å². The molecule has 0 fully saturated rings. The van der Waals surface area contributed by atoms with Crippen molar-refractivity contribution in [1.29, 1.82) is 5.26 Å². The molecular weight excluding hydrogens is 264 g/mol. The Balaban J connectivity index is 2.57. The first-order chi connectivity index (χ1) is 9.60. The average molecular weight is 274 g/mol. The molecule has 0 saturated carbocycles. The monoisotopic (exact) mass is 274 g/mol. The molecule has 0 aliphatic heterocycles. The highest BCUT2D eigenvalue weighted by Crippen LogP contribution is 2.36. The predicted molar refractivity (Wildman–Crippen MR) is 66.7 cm³/mol. The summed E-state index contributed by atoms with van der Waals surface area (Å²) in [6, 6.07) is 6.33. The van der Waals surface area contributed by atoms with E-state index in [-0.39, 0.29) is 17.0 Å². The molecule has 1 heterocycles. The molecule has 0 saturated heterocycles. The van der Waals surface area contributed by atoms with E-state index in [4.69, 9.17) is 24.4 Å². The third-order valence-corrected chi connectivity index (χ3v) is 2.61. The first-order valence-corrected chi connectivity index (χ1v) is 5.47. The molecule has 20 heavy (non-hydrogen) atoms. The SMILES string of the molecule is COc1cc(-c2cc(C(=O)O)no2)cc(C#N)c1OC. The molecule has 0 aliphatic rings. The third kappa shape index (κ3) is 2.27. The number of nitriles is 1. The highest BCUT2D eigenvalue weighted by atomic mass is 16.5. The van der Waals surface area contributed by atoms with E-state index in [2.05, 4.69) is 5.16 Å². The smallest absolute Gasteiger partial charge is 0.358 e. The number of aromatic nitrogens is 1. The van der Waals surface area contributed by atoms with Crippen LogP contribution in [0.2, 0.25) is 0 Å². The number of carbonyl (C=O) groups is 1. The summed E-state index contributed by atoms with van der Waals surface area (Å²) in [5, 5.41) is 21.3. The van der Waals surface area contributed by atoms with E-state index in [0.29, 0.717) is 17.1 Å². The van der Waals surface area contributed by atoms with Crippen molar-refractivity contribution in [3.05, 3.63) is 29.5 Å². The summed E-state index contributed by atoms with van der Waals surface area (Å²) in [7, 11) is 2.86. The van der Waals surface area contributed by atoms with Gasteiger partial charge in [0, 0.05) is 11.6 Å². The summed E-state index contributed by atoms with van der Waals surface area (Å²) in [5.74, 6) is -0.326. The van der Waals surface area contributed by atoms with Crippen LogP contribution in [-0.4, -0.2) is 30.5 Å². The molecule has 7 nitrogen and oxygen atoms in total. The number of ether oxygens (including phenoxy) is 2. The average Bonchev–Trinajstić information content (AvgIpc) is 2.95. The Morgan fingerprint density at radius 2 is 2.10 bits per heavy atom. The second-order valence-electron chi connectivity index (χ2n) is 3.75. The van der Waals surface area contributed by atoms with Gasteiger partial charge in [0.2, 0.25) is 0 Å². The molecule has 2 rings (SSSR count). The highest BCUT2D eigenvalue weighted by Gasteiger charge is 2.17. The molecule has 1 aromatic heterocycles. The number of aromatic carboxylic acids is 1. The van der Waals surface area contributed by atoms with E-state index in [1.165, 1.54) is 26.4 Å². The molecule has 1 N–H and O–H groups in total. The lowest BCUT2D eigenvalue weighted by Gasteiger charge is -2.10. The molecule has 2 aromatic rings. The number of hydrogen-bond acceptors (Lipinski definition) is 6. The van der Waals surface area contributed by atoms with Crippen LogP contribution < -0.4 is 9.47 Å². The number of methoxy groups -OCH3 is 2. The zero-order valence-corrected chi connectivity index (χ0v) is 10.7. The molecule has 0 amide bonds. The van der Waals surface area contributed by atoms with Crippen LogP contribution in [0, 0.1) is 11.3 Å². The Bertz CT molecular complexity index is 699. The maximum atomic E-state index is 10.8. The summed E-state index contributed by atoms with van der Waals surface area (Å²) in [6.07, 6.45) is 0. The molecule has 7 heteroatoms. The van der Waals surface area contributed by atoms with Gasteiger partial charge in [0.15, 0.2) is 23.0 Å². The largest absolute Gasteiger partial charge is 0.493 e. The number of nitrogens with zero attached hydrogens (tertiary/aromatic N) is 2. The van der Waals surface area contributed by atoms with Gasteiger partial charge in [0.1, 0.15) is 6.07 Å². The van der Waals surface area contributed by atoms with Crippen molar-refractivity contribution in [2.24, 2.45) is 0 Å². The van der Waals surface area contributed by atoms with Gasteiger partial charge in [-0.2, -0.15) is 5.26 Å². The first kappa shape index (κ1) is 13.4. The molecule has 0 aliphatic carbocycles. The van der Waals surface area contributed by atoms with Crippen LogP contribution in [0.25, 0.3) is 11.3 Å². The van der Waals surface area contributed by atoms with Gasteiger partial charge in [-0.1, -0.05) is 5.16 Å². The van der Waals surface area contributed by atoms with Crippen LogP contribution >= 0.6 is 0 Å². The fraction of sp³-hybridized carbons (Fsp3) is 0.154. The number of carboxylic acid groups (broad SMARTS) is 1. The highest BCUT2D eigenvalue weighted by molar-refractivity contribution is 5.86. The van der Waals surface area contributed by atoms with Crippen molar-refractivity contribution in [2.45, 2.75) is 0 Å². The Kier molecular flexibility index (Phi) is 3.57. The minimum Gasteiger partial charge on any atom is -0.493 e. The summed E-state index contributed by atoms with van der Waals surface area (Å²) in [4.78, 5) is 10.8. The molecule has 0 radical (unpaired) electrons. The fourth-order valence-electron chi connectivity index (χ4n) is 1.70. The van der Waals surface area contributed by atoms with E-state index in [1.807, 2.05) is 6.07 Å². The van der Waals surface area contributed by atoms with Crippen molar-refractivity contribution in [3.63, 3.8) is 0 Å². The summed E-state index contributed by atoms with van der Waals surface area (Å²) in [6.45, 7) is 0. The van der Waals surface area contributed by atoms with Crippen LogP contribution in [0.15, 0.2) is 22.7 Å². The number of hydrogen-bond donors (Lipinski definition) is 1. The van der Waals surface area contributed by atoms with E-state index >= 15 is 0 Å². The van der Waals surface area contributed by atoms with Crippen LogP contribution in [0.1, 0.15) is 16.1 Å². The van der Waals surface area contributed by atoms with Gasteiger partial charge in [-0.3, -0.25) is 0 Å². The normalized spacial score (nSPS) is 9.85. The topological polar surface area (TPSA) is 106 Å². The maximum absolute atomic E-state index is 10.8. The van der Waals surface area contributed by atoms with E-state index in [1.54, 1.807) is 6.07 Å². The van der Waals surface area contributed by atoms with Crippen molar-refractivity contribution < 1.29 is 23.9 Å². The molecule has 0 spiro atoms. The second kappa shape index (κ2) is 5.32. The van der Waals surface area contributed by atoms with Crippen LogP contribution in [-0.2, 0) is 0 Å². The van der Waals surface area contributed by atoms with Crippen molar-refractivity contribution >= 4 is 5.97 Å². The Morgan fingerprint density at radius 1 is 1.35 bits per heavy atom. The van der Waals surface area contributed by atoms with Gasteiger partial charge in [0.05, 0.1) is 19.8 Å². The number of benzene rings is 1. The lowest BCUT2D eigenvalue weighted by atomic mass is 10.1. The second-order valence-corrected chi connectivity index (χ2v) is 3.75. The van der Waals surface area contributed by atoms with Crippen molar-refractivity contribution in [2.75, 3.05) is 14.2 Å². The Labute approximate surface area is 113 Å². The third-order valence-electron chi connectivity index (χ3n) is 2.61. The molecular formula is C13H10N2O5. The molecule has 0 unspecified atom stereocenters. The Hall–Kier alpha value is -3.01.